The van der Waals surface area contributed by atoms with Gasteiger partial charge in [0.15, 0.2) is 0 Å². The third kappa shape index (κ3) is 1.74. The van der Waals surface area contributed by atoms with E-state index in [1.165, 1.54) is 0 Å². The predicted octanol–water partition coefficient (Wildman–Crippen LogP) is 0.839. The number of benzene rings is 1. The van der Waals surface area contributed by atoms with Crippen LogP contribution in [0.2, 0.25) is 0 Å². The maximum absolute atomic E-state index is 10.2. The minimum Gasteiger partial charge on any atom is -0.384 e. The van der Waals surface area contributed by atoms with Crippen LogP contribution in [0.15, 0.2) is 30.5 Å². The number of aliphatic hydroxyl groups is 1. The normalized spacial score (nSPS) is 15.4. The van der Waals surface area contributed by atoms with Crippen molar-refractivity contribution >= 4 is 10.9 Å². The number of rotatable bonds is 3. The molecule has 2 rings (SSSR count). The van der Waals surface area contributed by atoms with Gasteiger partial charge in [-0.2, -0.15) is 0 Å². The molecule has 1 heterocycles. The van der Waals surface area contributed by atoms with Gasteiger partial charge in [-0.3, -0.25) is 11.3 Å². The average molecular weight is 205 g/mol. The lowest BCUT2D eigenvalue weighted by atomic mass is 9.96. The molecular weight excluding hydrogens is 190 g/mol. The van der Waals surface area contributed by atoms with Crippen LogP contribution >= 0.6 is 0 Å². The topological polar surface area (TPSA) is 74.1 Å². The molecule has 0 amide bonds. The lowest BCUT2D eigenvalue weighted by Crippen LogP contribution is -2.38. The van der Waals surface area contributed by atoms with E-state index in [0.717, 1.165) is 16.5 Å². The summed E-state index contributed by atoms with van der Waals surface area (Å²) >= 11 is 0. The molecule has 1 unspecified atom stereocenters. The summed E-state index contributed by atoms with van der Waals surface area (Å²) in [5.41, 5.74) is 3.41. The summed E-state index contributed by atoms with van der Waals surface area (Å²) in [4.78, 5) is 3.12. The van der Waals surface area contributed by atoms with Crippen molar-refractivity contribution < 1.29 is 5.11 Å². The Kier molecular flexibility index (Phi) is 2.48. The first-order chi connectivity index (χ1) is 7.15. The van der Waals surface area contributed by atoms with Crippen LogP contribution in [0.25, 0.3) is 10.9 Å². The molecule has 0 aliphatic rings. The molecule has 0 bridgehead atoms. The van der Waals surface area contributed by atoms with Crippen molar-refractivity contribution in [1.29, 1.82) is 0 Å². The van der Waals surface area contributed by atoms with Crippen molar-refractivity contribution in [3.05, 3.63) is 36.0 Å². The first-order valence-corrected chi connectivity index (χ1v) is 4.87. The fourth-order valence-corrected chi connectivity index (χ4v) is 1.81. The monoisotopic (exact) mass is 205 g/mol. The zero-order valence-corrected chi connectivity index (χ0v) is 8.62. The number of aromatic nitrogens is 1. The molecule has 5 N–H and O–H groups in total. The summed E-state index contributed by atoms with van der Waals surface area (Å²) in [6.07, 6.45) is 1.82. The Morgan fingerprint density at radius 2 is 2.20 bits per heavy atom. The van der Waals surface area contributed by atoms with Crippen LogP contribution in [0.1, 0.15) is 12.5 Å². The Morgan fingerprint density at radius 3 is 2.93 bits per heavy atom. The minimum atomic E-state index is -0.964. The highest BCUT2D eigenvalue weighted by atomic mass is 16.3. The van der Waals surface area contributed by atoms with E-state index in [0.29, 0.717) is 6.54 Å². The van der Waals surface area contributed by atoms with Crippen molar-refractivity contribution in [2.45, 2.75) is 12.5 Å². The largest absolute Gasteiger partial charge is 0.384 e. The Balaban J connectivity index is 2.52. The molecule has 0 aliphatic heterocycles. The third-order valence-electron chi connectivity index (χ3n) is 2.62. The maximum atomic E-state index is 10.2. The first-order valence-electron chi connectivity index (χ1n) is 4.87. The van der Waals surface area contributed by atoms with Crippen LogP contribution < -0.4 is 11.3 Å². The van der Waals surface area contributed by atoms with Gasteiger partial charge in [-0.05, 0) is 13.0 Å². The summed E-state index contributed by atoms with van der Waals surface area (Å²) in [6.45, 7) is 2.05. The molecular formula is C11H15N3O. The molecule has 0 fully saturated rings. The standard InChI is InChI=1S/C11H15N3O/c1-11(15,7-14-12)9-6-13-10-5-3-2-4-8(9)10/h2-6,13-15H,7,12H2,1H3. The zero-order chi connectivity index (χ0) is 10.9. The third-order valence-corrected chi connectivity index (χ3v) is 2.62. The van der Waals surface area contributed by atoms with Gasteiger partial charge >= 0.3 is 0 Å². The predicted molar refractivity (Wildman–Crippen MR) is 60.1 cm³/mol. The number of nitrogens with two attached hydrogens (primary N) is 1. The maximum Gasteiger partial charge on any atom is 0.103 e. The second-order valence-electron chi connectivity index (χ2n) is 3.90. The highest BCUT2D eigenvalue weighted by Crippen LogP contribution is 2.27. The van der Waals surface area contributed by atoms with Gasteiger partial charge in [0.25, 0.3) is 0 Å². The van der Waals surface area contributed by atoms with Crippen LogP contribution in [0.4, 0.5) is 0 Å². The highest BCUT2D eigenvalue weighted by Gasteiger charge is 2.25. The number of aromatic amines is 1. The van der Waals surface area contributed by atoms with E-state index >= 15 is 0 Å². The number of fused-ring (bicyclic) bond motifs is 1. The Hall–Kier alpha value is -1.36. The Bertz CT molecular complexity index is 462. The fourth-order valence-electron chi connectivity index (χ4n) is 1.81. The second kappa shape index (κ2) is 3.66. The molecule has 4 heteroatoms. The summed E-state index contributed by atoms with van der Waals surface area (Å²) in [6, 6.07) is 7.86. The Labute approximate surface area is 88.1 Å². The lowest BCUT2D eigenvalue weighted by Gasteiger charge is -2.22. The molecule has 15 heavy (non-hydrogen) atoms. The van der Waals surface area contributed by atoms with Crippen LogP contribution in [0.5, 0.6) is 0 Å². The van der Waals surface area contributed by atoms with E-state index in [-0.39, 0.29) is 0 Å². The molecule has 0 saturated carbocycles. The summed E-state index contributed by atoms with van der Waals surface area (Å²) in [5.74, 6) is 5.24. The minimum absolute atomic E-state index is 0.314. The van der Waals surface area contributed by atoms with Gasteiger partial charge in [0.2, 0.25) is 0 Å². The van der Waals surface area contributed by atoms with Crippen molar-refractivity contribution in [1.82, 2.24) is 10.4 Å². The molecule has 1 atom stereocenters. The molecule has 80 valence electrons. The fraction of sp³-hybridized carbons (Fsp3) is 0.273. The molecule has 0 saturated heterocycles. The van der Waals surface area contributed by atoms with Gasteiger partial charge in [0.05, 0.1) is 0 Å². The zero-order valence-electron chi connectivity index (χ0n) is 8.62. The van der Waals surface area contributed by atoms with Crippen LogP contribution in [0, 0.1) is 0 Å². The van der Waals surface area contributed by atoms with Crippen molar-refractivity contribution in [3.63, 3.8) is 0 Å². The number of para-hydroxylation sites is 1. The van der Waals surface area contributed by atoms with E-state index in [4.69, 9.17) is 5.84 Å². The van der Waals surface area contributed by atoms with E-state index < -0.39 is 5.60 Å². The van der Waals surface area contributed by atoms with Crippen LogP contribution in [-0.4, -0.2) is 16.6 Å². The summed E-state index contributed by atoms with van der Waals surface area (Å²) < 4.78 is 0. The molecule has 1 aromatic carbocycles. The quantitative estimate of drug-likeness (QED) is 0.443. The van der Waals surface area contributed by atoms with E-state index in [2.05, 4.69) is 10.4 Å². The van der Waals surface area contributed by atoms with Gasteiger partial charge in [0.1, 0.15) is 5.60 Å². The smallest absolute Gasteiger partial charge is 0.103 e. The summed E-state index contributed by atoms with van der Waals surface area (Å²) in [7, 11) is 0. The highest BCUT2D eigenvalue weighted by molar-refractivity contribution is 5.83. The van der Waals surface area contributed by atoms with Crippen molar-refractivity contribution in [2.24, 2.45) is 5.84 Å². The molecule has 2 aromatic rings. The molecule has 0 radical (unpaired) electrons. The van der Waals surface area contributed by atoms with E-state index in [1.54, 1.807) is 6.92 Å². The number of H-pyrrole nitrogens is 1. The number of hydrazine groups is 1. The lowest BCUT2D eigenvalue weighted by molar-refractivity contribution is 0.0588. The number of hydrogen-bond donors (Lipinski definition) is 4. The molecule has 0 spiro atoms. The van der Waals surface area contributed by atoms with Gasteiger partial charge in [-0.1, -0.05) is 18.2 Å². The summed E-state index contributed by atoms with van der Waals surface area (Å²) in [5, 5.41) is 11.2. The van der Waals surface area contributed by atoms with Crippen LogP contribution in [-0.2, 0) is 5.60 Å². The average Bonchev–Trinajstić information content (AvgIpc) is 2.61. The number of hydrogen-bond acceptors (Lipinski definition) is 3. The van der Waals surface area contributed by atoms with Gasteiger partial charge in [0, 0.05) is 29.2 Å². The molecule has 1 aromatic heterocycles. The SMILES string of the molecule is CC(O)(CNN)c1c[nH]c2ccccc12. The van der Waals surface area contributed by atoms with Crippen molar-refractivity contribution in [2.75, 3.05) is 6.54 Å². The van der Waals surface area contributed by atoms with E-state index in [1.807, 2.05) is 30.5 Å². The van der Waals surface area contributed by atoms with E-state index in [9.17, 15) is 5.11 Å². The molecule has 0 aliphatic carbocycles. The van der Waals surface area contributed by atoms with Gasteiger partial charge < -0.3 is 10.1 Å². The second-order valence-corrected chi connectivity index (χ2v) is 3.90. The first kappa shape index (κ1) is 10.2. The number of nitrogens with one attached hydrogen (secondary N) is 2. The van der Waals surface area contributed by atoms with Crippen LogP contribution in [0.3, 0.4) is 0 Å². The van der Waals surface area contributed by atoms with Gasteiger partial charge in [-0.25, -0.2) is 0 Å². The van der Waals surface area contributed by atoms with Gasteiger partial charge in [-0.15, -0.1) is 0 Å². The Morgan fingerprint density at radius 1 is 1.47 bits per heavy atom. The van der Waals surface area contributed by atoms with Crippen molar-refractivity contribution in [3.8, 4) is 0 Å². The molecule has 4 nitrogen and oxygen atoms in total.